The molecule has 0 aliphatic rings. The molecule has 1 amide bonds. The lowest BCUT2D eigenvalue weighted by atomic mass is 10.1. The van der Waals surface area contributed by atoms with Crippen molar-refractivity contribution in [1.29, 1.82) is 0 Å². The van der Waals surface area contributed by atoms with Crippen LogP contribution in [0.2, 0.25) is 0 Å². The summed E-state index contributed by atoms with van der Waals surface area (Å²) >= 11 is 0. The maximum atomic E-state index is 10.8. The van der Waals surface area contributed by atoms with E-state index in [9.17, 15) is 4.79 Å². The van der Waals surface area contributed by atoms with Gasteiger partial charge in [0.1, 0.15) is 0 Å². The fourth-order valence-electron chi connectivity index (χ4n) is 1.18. The van der Waals surface area contributed by atoms with Crippen LogP contribution in [0.15, 0.2) is 18.3 Å². The van der Waals surface area contributed by atoms with Crippen LogP contribution in [0, 0.1) is 6.92 Å². The van der Waals surface area contributed by atoms with Crippen molar-refractivity contribution in [2.75, 3.05) is 0 Å². The first-order chi connectivity index (χ1) is 7.09. The molecule has 1 atom stereocenters. The first-order valence-corrected chi connectivity index (χ1v) is 5.29. The first kappa shape index (κ1) is 13.6. The molecule has 0 saturated carbocycles. The Hall–Kier alpha value is -1.38. The largest absolute Gasteiger partial charge is 0.348 e. The highest BCUT2D eigenvalue weighted by atomic mass is 16.1. The van der Waals surface area contributed by atoms with E-state index in [0.717, 1.165) is 11.3 Å². The Bertz CT molecular complexity index is 316. The second-order valence-electron chi connectivity index (χ2n) is 3.18. The number of pyridine rings is 1. The summed E-state index contributed by atoms with van der Waals surface area (Å²) in [6.07, 6.45) is 1.75. The number of amides is 1. The molecule has 0 aromatic carbocycles. The Balaban J connectivity index is 0. The van der Waals surface area contributed by atoms with Crippen LogP contribution in [0.3, 0.4) is 0 Å². The minimum absolute atomic E-state index is 0. The topological polar surface area (TPSA) is 42.0 Å². The van der Waals surface area contributed by atoms with Crippen LogP contribution in [-0.2, 0) is 4.79 Å². The van der Waals surface area contributed by atoms with Crippen molar-refractivity contribution in [2.24, 2.45) is 0 Å². The van der Waals surface area contributed by atoms with Gasteiger partial charge in [-0.2, -0.15) is 0 Å². The summed E-state index contributed by atoms with van der Waals surface area (Å²) in [5, 5.41) is 2.78. The van der Waals surface area contributed by atoms with E-state index in [2.05, 4.69) is 10.3 Å². The number of carbonyl (C=O) groups excluding carboxylic acids is 1. The molecular weight excluding hydrogens is 188 g/mol. The molecule has 0 spiro atoms. The standard InChI is InChI=1S/C10H14N2O.C2H6.H2/c1-7-4-5-11-10(6-7)8(2)12-9(3)13;1-2;/h4-6,8H,1-3H3,(H,12,13);1-2H3;1H/t8-;;/m1../s1. The second-order valence-corrected chi connectivity index (χ2v) is 3.18. The van der Waals surface area contributed by atoms with Crippen LogP contribution < -0.4 is 5.32 Å². The molecule has 0 bridgehead atoms. The lowest BCUT2D eigenvalue weighted by Gasteiger charge is -2.11. The number of carbonyl (C=O) groups is 1. The van der Waals surface area contributed by atoms with Crippen molar-refractivity contribution in [3.05, 3.63) is 29.6 Å². The Morgan fingerprint density at radius 2 is 2.13 bits per heavy atom. The van der Waals surface area contributed by atoms with Crippen molar-refractivity contribution < 1.29 is 6.22 Å². The van der Waals surface area contributed by atoms with Crippen LogP contribution in [0.25, 0.3) is 0 Å². The minimum Gasteiger partial charge on any atom is -0.348 e. The van der Waals surface area contributed by atoms with E-state index in [1.807, 2.05) is 39.8 Å². The van der Waals surface area contributed by atoms with E-state index >= 15 is 0 Å². The molecule has 0 aliphatic heterocycles. The molecule has 15 heavy (non-hydrogen) atoms. The average molecular weight is 210 g/mol. The third-order valence-electron chi connectivity index (χ3n) is 1.80. The number of nitrogens with one attached hydrogen (secondary N) is 1. The summed E-state index contributed by atoms with van der Waals surface area (Å²) in [4.78, 5) is 15.0. The Labute approximate surface area is 93.4 Å². The molecule has 3 heteroatoms. The minimum atomic E-state index is -0.0317. The van der Waals surface area contributed by atoms with Gasteiger partial charge in [0, 0.05) is 14.5 Å². The van der Waals surface area contributed by atoms with Gasteiger partial charge in [0.05, 0.1) is 11.7 Å². The van der Waals surface area contributed by atoms with Crippen LogP contribution in [0.5, 0.6) is 0 Å². The monoisotopic (exact) mass is 210 g/mol. The quantitative estimate of drug-likeness (QED) is 0.815. The maximum Gasteiger partial charge on any atom is 0.217 e. The Morgan fingerprint density at radius 1 is 1.53 bits per heavy atom. The van der Waals surface area contributed by atoms with Crippen LogP contribution in [0.4, 0.5) is 0 Å². The lowest BCUT2D eigenvalue weighted by molar-refractivity contribution is -0.119. The number of aryl methyl sites for hydroxylation is 1. The zero-order valence-corrected chi connectivity index (χ0v) is 10.2. The van der Waals surface area contributed by atoms with E-state index in [0.29, 0.717) is 0 Å². The van der Waals surface area contributed by atoms with Crippen molar-refractivity contribution in [3.8, 4) is 0 Å². The van der Waals surface area contributed by atoms with E-state index < -0.39 is 0 Å². The lowest BCUT2D eigenvalue weighted by Crippen LogP contribution is -2.24. The number of rotatable bonds is 2. The molecule has 0 aliphatic carbocycles. The number of hydrogen-bond donors (Lipinski definition) is 1. The van der Waals surface area contributed by atoms with E-state index in [4.69, 9.17) is 0 Å². The molecule has 0 radical (unpaired) electrons. The van der Waals surface area contributed by atoms with Gasteiger partial charge in [-0.1, -0.05) is 13.8 Å². The van der Waals surface area contributed by atoms with Crippen LogP contribution in [0.1, 0.15) is 46.4 Å². The number of aromatic nitrogens is 1. The van der Waals surface area contributed by atoms with Crippen LogP contribution in [-0.4, -0.2) is 10.9 Å². The second kappa shape index (κ2) is 6.98. The van der Waals surface area contributed by atoms with Gasteiger partial charge >= 0.3 is 0 Å². The molecule has 3 nitrogen and oxygen atoms in total. The fourth-order valence-corrected chi connectivity index (χ4v) is 1.18. The number of nitrogens with zero attached hydrogens (tertiary/aromatic N) is 1. The predicted molar refractivity (Wildman–Crippen MR) is 64.7 cm³/mol. The molecule has 86 valence electrons. The van der Waals surface area contributed by atoms with Crippen LogP contribution >= 0.6 is 0 Å². The van der Waals surface area contributed by atoms with Crippen molar-refractivity contribution in [3.63, 3.8) is 0 Å². The first-order valence-electron chi connectivity index (χ1n) is 5.29. The van der Waals surface area contributed by atoms with Gasteiger partial charge in [0.25, 0.3) is 0 Å². The van der Waals surface area contributed by atoms with E-state index in [1.165, 1.54) is 6.92 Å². The molecule has 1 heterocycles. The summed E-state index contributed by atoms with van der Waals surface area (Å²) in [5.41, 5.74) is 2.05. The zero-order chi connectivity index (χ0) is 11.8. The Morgan fingerprint density at radius 3 is 2.60 bits per heavy atom. The summed E-state index contributed by atoms with van der Waals surface area (Å²) in [7, 11) is 0. The van der Waals surface area contributed by atoms with E-state index in [1.54, 1.807) is 6.20 Å². The highest BCUT2D eigenvalue weighted by molar-refractivity contribution is 5.73. The van der Waals surface area contributed by atoms with Gasteiger partial charge in [-0.25, -0.2) is 0 Å². The van der Waals surface area contributed by atoms with Crippen molar-refractivity contribution in [1.82, 2.24) is 10.3 Å². The van der Waals surface area contributed by atoms with Gasteiger partial charge in [-0.15, -0.1) is 0 Å². The molecular formula is C12H22N2O. The van der Waals surface area contributed by atoms with Gasteiger partial charge < -0.3 is 5.32 Å². The van der Waals surface area contributed by atoms with E-state index in [-0.39, 0.29) is 13.4 Å². The van der Waals surface area contributed by atoms with Gasteiger partial charge in [-0.05, 0) is 31.5 Å². The third-order valence-corrected chi connectivity index (χ3v) is 1.80. The molecule has 0 fully saturated rings. The molecule has 1 N–H and O–H groups in total. The fraction of sp³-hybridized carbons (Fsp3) is 0.500. The zero-order valence-electron chi connectivity index (χ0n) is 10.2. The van der Waals surface area contributed by atoms with Crippen molar-refractivity contribution in [2.45, 2.75) is 40.7 Å². The average Bonchev–Trinajstić information content (AvgIpc) is 2.20. The SMILES string of the molecule is CC.CC(=O)N[C@H](C)c1cc(C)ccn1.[HH]. The molecule has 0 unspecified atom stereocenters. The van der Waals surface area contributed by atoms with Gasteiger partial charge in [0.2, 0.25) is 5.91 Å². The molecule has 0 saturated heterocycles. The Kier molecular flexibility index (Phi) is 6.34. The summed E-state index contributed by atoms with van der Waals surface area (Å²) in [5.74, 6) is -0.0317. The predicted octanol–water partition coefficient (Wildman–Crippen LogP) is 2.86. The smallest absolute Gasteiger partial charge is 0.217 e. The van der Waals surface area contributed by atoms with Crippen molar-refractivity contribution >= 4 is 5.91 Å². The molecule has 1 aromatic heterocycles. The van der Waals surface area contributed by atoms with Gasteiger partial charge in [-0.3, -0.25) is 9.78 Å². The molecule has 1 aromatic rings. The normalized spacial score (nSPS) is 11.0. The third kappa shape index (κ3) is 5.15. The highest BCUT2D eigenvalue weighted by Crippen LogP contribution is 2.09. The summed E-state index contributed by atoms with van der Waals surface area (Å²) in [6.45, 7) is 9.43. The summed E-state index contributed by atoms with van der Waals surface area (Å²) in [6, 6.07) is 3.89. The highest BCUT2D eigenvalue weighted by Gasteiger charge is 2.06. The molecule has 1 rings (SSSR count). The summed E-state index contributed by atoms with van der Waals surface area (Å²) < 4.78 is 0. The van der Waals surface area contributed by atoms with Gasteiger partial charge in [0.15, 0.2) is 0 Å². The maximum absolute atomic E-state index is 10.8. The number of hydrogen-bond acceptors (Lipinski definition) is 2.